The Kier molecular flexibility index (Phi) is 3.79. The molecule has 2 aromatic rings. The fourth-order valence-electron chi connectivity index (χ4n) is 2.05. The monoisotopic (exact) mass is 275 g/mol. The highest BCUT2D eigenvalue weighted by Gasteiger charge is 2.20. The molecule has 0 radical (unpaired) electrons. The Morgan fingerprint density at radius 3 is 2.45 bits per heavy atom. The maximum atomic E-state index is 12.2. The molecule has 1 aromatic heterocycles. The van der Waals surface area contributed by atoms with Crippen LogP contribution < -0.4 is 0 Å². The maximum Gasteiger partial charge on any atom is 0.323 e. The number of rotatable bonds is 4. The lowest BCUT2D eigenvalue weighted by Gasteiger charge is -2.16. The predicted octanol–water partition coefficient (Wildman–Crippen LogP) is 2.60. The lowest BCUT2D eigenvalue weighted by atomic mass is 10.1. The van der Waals surface area contributed by atoms with Crippen molar-refractivity contribution in [3.63, 3.8) is 0 Å². The van der Waals surface area contributed by atoms with E-state index in [4.69, 9.17) is 9.52 Å². The van der Waals surface area contributed by atoms with Crippen LogP contribution in [0.25, 0.3) is 11.0 Å². The largest absolute Gasteiger partial charge is 0.480 e. The van der Waals surface area contributed by atoms with E-state index in [0.717, 1.165) is 16.5 Å². The van der Waals surface area contributed by atoms with Gasteiger partial charge >= 0.3 is 5.97 Å². The molecule has 0 aliphatic rings. The van der Waals surface area contributed by atoms with Crippen molar-refractivity contribution in [2.75, 3.05) is 13.1 Å². The van der Waals surface area contributed by atoms with Crippen molar-refractivity contribution in [1.29, 1.82) is 0 Å². The van der Waals surface area contributed by atoms with Crippen LogP contribution in [0.5, 0.6) is 0 Å². The third-order valence-electron chi connectivity index (χ3n) is 3.34. The van der Waals surface area contributed by atoms with Crippen molar-refractivity contribution < 1.29 is 19.1 Å². The first-order valence-corrected chi connectivity index (χ1v) is 6.44. The number of hydrogen-bond donors (Lipinski definition) is 1. The van der Waals surface area contributed by atoms with Gasteiger partial charge in [-0.1, -0.05) is 0 Å². The molecule has 0 bridgehead atoms. The van der Waals surface area contributed by atoms with E-state index in [2.05, 4.69) is 0 Å². The van der Waals surface area contributed by atoms with Gasteiger partial charge in [0.25, 0.3) is 5.91 Å². The van der Waals surface area contributed by atoms with Crippen molar-refractivity contribution in [3.8, 4) is 0 Å². The standard InChI is InChI=1S/C15H17NO4/c1-4-16(8-14(17)18)15(19)13-7-11-5-9(2)10(3)6-12(11)20-13/h5-7H,4,8H2,1-3H3,(H,17,18). The number of hydrogen-bond acceptors (Lipinski definition) is 3. The molecule has 1 amide bonds. The van der Waals surface area contributed by atoms with Crippen molar-refractivity contribution in [2.24, 2.45) is 0 Å². The third-order valence-corrected chi connectivity index (χ3v) is 3.34. The summed E-state index contributed by atoms with van der Waals surface area (Å²) < 4.78 is 5.55. The fourth-order valence-corrected chi connectivity index (χ4v) is 2.05. The molecule has 0 atom stereocenters. The van der Waals surface area contributed by atoms with Crippen LogP contribution in [0.4, 0.5) is 0 Å². The number of carboxylic acids is 1. The number of benzene rings is 1. The van der Waals surface area contributed by atoms with Crippen molar-refractivity contribution in [3.05, 3.63) is 35.1 Å². The Balaban J connectivity index is 2.37. The predicted molar refractivity (Wildman–Crippen MR) is 74.9 cm³/mol. The molecule has 1 N–H and O–H groups in total. The Morgan fingerprint density at radius 2 is 1.85 bits per heavy atom. The van der Waals surface area contributed by atoms with Gasteiger partial charge in [0.05, 0.1) is 0 Å². The minimum Gasteiger partial charge on any atom is -0.480 e. The van der Waals surface area contributed by atoms with Gasteiger partial charge in [0, 0.05) is 11.9 Å². The van der Waals surface area contributed by atoms with Crippen LogP contribution in [0, 0.1) is 13.8 Å². The highest BCUT2D eigenvalue weighted by atomic mass is 16.4. The van der Waals surface area contributed by atoms with Gasteiger partial charge in [-0.3, -0.25) is 9.59 Å². The molecule has 0 aliphatic carbocycles. The summed E-state index contributed by atoms with van der Waals surface area (Å²) in [7, 11) is 0. The zero-order valence-electron chi connectivity index (χ0n) is 11.8. The Bertz CT molecular complexity index is 633. The molecule has 1 aromatic carbocycles. The van der Waals surface area contributed by atoms with E-state index in [0.29, 0.717) is 12.1 Å². The molecule has 5 nitrogen and oxygen atoms in total. The summed E-state index contributed by atoms with van der Waals surface area (Å²) in [6, 6.07) is 5.50. The van der Waals surface area contributed by atoms with Crippen molar-refractivity contribution in [2.45, 2.75) is 20.8 Å². The van der Waals surface area contributed by atoms with E-state index in [1.807, 2.05) is 26.0 Å². The van der Waals surface area contributed by atoms with Gasteiger partial charge in [-0.15, -0.1) is 0 Å². The van der Waals surface area contributed by atoms with Crippen molar-refractivity contribution in [1.82, 2.24) is 4.90 Å². The van der Waals surface area contributed by atoms with E-state index >= 15 is 0 Å². The van der Waals surface area contributed by atoms with Crippen LogP contribution >= 0.6 is 0 Å². The molecule has 2 rings (SSSR count). The molecular formula is C15H17NO4. The summed E-state index contributed by atoms with van der Waals surface area (Å²) in [5.74, 6) is -1.27. The van der Waals surface area contributed by atoms with E-state index in [1.54, 1.807) is 13.0 Å². The quantitative estimate of drug-likeness (QED) is 0.931. The van der Waals surface area contributed by atoms with Crippen LogP contribution in [-0.4, -0.2) is 35.0 Å². The van der Waals surface area contributed by atoms with E-state index in [9.17, 15) is 9.59 Å². The minimum atomic E-state index is -1.04. The number of aliphatic carboxylic acids is 1. The van der Waals surface area contributed by atoms with E-state index < -0.39 is 11.9 Å². The maximum absolute atomic E-state index is 12.2. The van der Waals surface area contributed by atoms with Crippen LogP contribution in [0.15, 0.2) is 22.6 Å². The van der Waals surface area contributed by atoms with Crippen molar-refractivity contribution >= 4 is 22.8 Å². The summed E-state index contributed by atoms with van der Waals surface area (Å²) in [6.45, 7) is 5.69. The second-order valence-corrected chi connectivity index (χ2v) is 4.80. The summed E-state index contributed by atoms with van der Waals surface area (Å²) in [4.78, 5) is 24.2. The Hall–Kier alpha value is -2.30. The lowest BCUT2D eigenvalue weighted by Crippen LogP contribution is -2.35. The number of carbonyl (C=O) groups is 2. The van der Waals surface area contributed by atoms with Crippen LogP contribution in [0.1, 0.15) is 28.6 Å². The first-order chi connectivity index (χ1) is 9.42. The van der Waals surface area contributed by atoms with E-state index in [1.165, 1.54) is 4.90 Å². The first kappa shape index (κ1) is 14.1. The normalized spacial score (nSPS) is 10.8. The topological polar surface area (TPSA) is 70.8 Å². The SMILES string of the molecule is CCN(CC(=O)O)C(=O)c1cc2cc(C)c(C)cc2o1. The number of amides is 1. The second-order valence-electron chi connectivity index (χ2n) is 4.80. The molecule has 0 fully saturated rings. The molecule has 1 heterocycles. The van der Waals surface area contributed by atoms with Crippen LogP contribution in [0.2, 0.25) is 0 Å². The Labute approximate surface area is 116 Å². The minimum absolute atomic E-state index is 0.174. The van der Waals surface area contributed by atoms with Gasteiger partial charge in [0.2, 0.25) is 0 Å². The van der Waals surface area contributed by atoms with Gasteiger partial charge in [0.15, 0.2) is 5.76 Å². The molecule has 20 heavy (non-hydrogen) atoms. The molecule has 0 aliphatic heterocycles. The number of aryl methyl sites for hydroxylation is 2. The van der Waals surface area contributed by atoms with Gasteiger partial charge in [-0.2, -0.15) is 0 Å². The molecule has 0 saturated heterocycles. The van der Waals surface area contributed by atoms with Gasteiger partial charge in [-0.05, 0) is 50.1 Å². The van der Waals surface area contributed by atoms with Crippen LogP contribution in [-0.2, 0) is 4.79 Å². The highest BCUT2D eigenvalue weighted by molar-refractivity contribution is 5.97. The molecular weight excluding hydrogens is 258 g/mol. The zero-order chi connectivity index (χ0) is 14.9. The zero-order valence-corrected chi connectivity index (χ0v) is 11.8. The van der Waals surface area contributed by atoms with Gasteiger partial charge < -0.3 is 14.4 Å². The summed E-state index contributed by atoms with van der Waals surface area (Å²) >= 11 is 0. The highest BCUT2D eigenvalue weighted by Crippen LogP contribution is 2.24. The number of carbonyl (C=O) groups excluding carboxylic acids is 1. The molecule has 0 saturated carbocycles. The smallest absolute Gasteiger partial charge is 0.323 e. The average molecular weight is 275 g/mol. The number of nitrogens with zero attached hydrogens (tertiary/aromatic N) is 1. The van der Waals surface area contributed by atoms with E-state index in [-0.39, 0.29) is 12.3 Å². The van der Waals surface area contributed by atoms with Gasteiger partial charge in [-0.25, -0.2) is 0 Å². The lowest BCUT2D eigenvalue weighted by molar-refractivity contribution is -0.137. The number of furan rings is 1. The fraction of sp³-hybridized carbons (Fsp3) is 0.333. The first-order valence-electron chi connectivity index (χ1n) is 6.44. The second kappa shape index (κ2) is 5.36. The van der Waals surface area contributed by atoms with Gasteiger partial charge in [0.1, 0.15) is 12.1 Å². The number of carboxylic acid groups (broad SMARTS) is 1. The summed E-state index contributed by atoms with van der Waals surface area (Å²) in [6.07, 6.45) is 0. The summed E-state index contributed by atoms with van der Waals surface area (Å²) in [5.41, 5.74) is 2.85. The Morgan fingerprint density at radius 1 is 1.20 bits per heavy atom. The molecule has 0 unspecified atom stereocenters. The number of likely N-dealkylation sites (N-methyl/N-ethyl adjacent to an activating group) is 1. The average Bonchev–Trinajstić information content (AvgIpc) is 2.78. The van der Waals surface area contributed by atoms with Crippen LogP contribution in [0.3, 0.4) is 0 Å². The molecule has 5 heteroatoms. The number of fused-ring (bicyclic) bond motifs is 1. The molecule has 106 valence electrons. The molecule has 0 spiro atoms. The third kappa shape index (κ3) is 2.66. The summed E-state index contributed by atoms with van der Waals surface area (Å²) in [5, 5.41) is 9.65.